The van der Waals surface area contributed by atoms with E-state index in [1.165, 1.54) is 0 Å². The third-order valence-corrected chi connectivity index (χ3v) is 3.39. The summed E-state index contributed by atoms with van der Waals surface area (Å²) in [5, 5.41) is 5.15. The van der Waals surface area contributed by atoms with Gasteiger partial charge in [0.25, 0.3) is 5.91 Å². The molecule has 0 aliphatic carbocycles. The number of hydrogen-bond acceptors (Lipinski definition) is 2. The molecule has 0 saturated heterocycles. The Morgan fingerprint density at radius 2 is 1.76 bits per heavy atom. The van der Waals surface area contributed by atoms with E-state index in [-0.39, 0.29) is 4.47 Å². The van der Waals surface area contributed by atoms with Gasteiger partial charge in [-0.25, -0.2) is 8.78 Å². The molecule has 1 amide bonds. The van der Waals surface area contributed by atoms with Crippen LogP contribution in [0.1, 0.15) is 15.9 Å². The summed E-state index contributed by atoms with van der Waals surface area (Å²) in [7, 11) is 1.67. The molecule has 21 heavy (non-hydrogen) atoms. The van der Waals surface area contributed by atoms with Gasteiger partial charge >= 0.3 is 0 Å². The monoisotopic (exact) mass is 354 g/mol. The first kappa shape index (κ1) is 15.4. The van der Waals surface area contributed by atoms with Crippen molar-refractivity contribution in [3.05, 3.63) is 57.6 Å². The van der Waals surface area contributed by atoms with Crippen molar-refractivity contribution in [2.45, 2.75) is 6.92 Å². The van der Waals surface area contributed by atoms with Gasteiger partial charge in [0.15, 0.2) is 11.6 Å². The zero-order valence-electron chi connectivity index (χ0n) is 11.4. The lowest BCUT2D eigenvalue weighted by molar-refractivity contribution is 0.102. The number of amides is 1. The maximum absolute atomic E-state index is 13.7. The van der Waals surface area contributed by atoms with Crippen molar-refractivity contribution >= 4 is 33.2 Å². The number of carbonyl (C=O) groups is 1. The standard InChI is InChI=1S/C15H13BrF2N2O/c1-8-3-4-10(13(5-8)19-2)15(21)20-14-11(17)6-9(16)7-12(14)18/h3-7,19H,1-2H3,(H,20,21). The third-order valence-electron chi connectivity index (χ3n) is 2.93. The average molecular weight is 355 g/mol. The summed E-state index contributed by atoms with van der Waals surface area (Å²) in [6, 6.07) is 7.32. The Hall–Kier alpha value is -1.95. The van der Waals surface area contributed by atoms with Gasteiger partial charge in [-0.05, 0) is 36.8 Å². The molecular weight excluding hydrogens is 342 g/mol. The summed E-state index contributed by atoms with van der Waals surface area (Å²) in [6.45, 7) is 1.89. The van der Waals surface area contributed by atoms with Crippen molar-refractivity contribution in [3.8, 4) is 0 Å². The molecule has 0 aromatic heterocycles. The molecule has 0 spiro atoms. The molecule has 0 heterocycles. The van der Waals surface area contributed by atoms with E-state index in [0.29, 0.717) is 11.3 Å². The Balaban J connectivity index is 2.35. The number of nitrogens with one attached hydrogen (secondary N) is 2. The number of hydrogen-bond donors (Lipinski definition) is 2. The number of halogens is 3. The molecule has 0 atom stereocenters. The lowest BCUT2D eigenvalue weighted by atomic mass is 10.1. The summed E-state index contributed by atoms with van der Waals surface area (Å²) >= 11 is 2.99. The van der Waals surface area contributed by atoms with Crippen molar-refractivity contribution < 1.29 is 13.6 Å². The van der Waals surface area contributed by atoms with E-state index >= 15 is 0 Å². The number of rotatable bonds is 3. The highest BCUT2D eigenvalue weighted by Crippen LogP contribution is 2.25. The van der Waals surface area contributed by atoms with Crippen LogP contribution in [-0.4, -0.2) is 13.0 Å². The number of anilines is 2. The Labute approximate surface area is 129 Å². The molecule has 2 aromatic carbocycles. The Kier molecular flexibility index (Phi) is 4.57. The van der Waals surface area contributed by atoms with Gasteiger partial charge in [0.05, 0.1) is 5.56 Å². The highest BCUT2D eigenvalue weighted by atomic mass is 79.9. The van der Waals surface area contributed by atoms with Gasteiger partial charge in [0, 0.05) is 17.2 Å². The van der Waals surface area contributed by atoms with Crippen LogP contribution in [0.3, 0.4) is 0 Å². The van der Waals surface area contributed by atoms with Gasteiger partial charge in [-0.2, -0.15) is 0 Å². The van der Waals surface area contributed by atoms with Crippen molar-refractivity contribution in [1.82, 2.24) is 0 Å². The normalized spacial score (nSPS) is 10.3. The maximum Gasteiger partial charge on any atom is 0.257 e. The summed E-state index contributed by atoms with van der Waals surface area (Å²) in [5.74, 6) is -2.26. The molecule has 0 bridgehead atoms. The molecule has 2 N–H and O–H groups in total. The molecule has 0 radical (unpaired) electrons. The second kappa shape index (κ2) is 6.22. The van der Waals surface area contributed by atoms with Crippen LogP contribution in [-0.2, 0) is 0 Å². The second-order valence-corrected chi connectivity index (χ2v) is 5.41. The summed E-state index contributed by atoms with van der Waals surface area (Å²) in [5.41, 5.74) is 1.40. The van der Waals surface area contributed by atoms with E-state index in [1.54, 1.807) is 25.2 Å². The molecule has 110 valence electrons. The lowest BCUT2D eigenvalue weighted by Crippen LogP contribution is -2.16. The van der Waals surface area contributed by atoms with Crippen molar-refractivity contribution in [2.24, 2.45) is 0 Å². The van der Waals surface area contributed by atoms with Crippen LogP contribution in [0.25, 0.3) is 0 Å². The van der Waals surface area contributed by atoms with Crippen molar-refractivity contribution in [2.75, 3.05) is 17.7 Å². The molecule has 0 unspecified atom stereocenters. The van der Waals surface area contributed by atoms with Crippen LogP contribution in [0.4, 0.5) is 20.2 Å². The fourth-order valence-electron chi connectivity index (χ4n) is 1.91. The fourth-order valence-corrected chi connectivity index (χ4v) is 2.31. The van der Waals surface area contributed by atoms with E-state index in [4.69, 9.17) is 0 Å². The molecule has 6 heteroatoms. The molecular formula is C15H13BrF2N2O. The van der Waals surface area contributed by atoms with Gasteiger partial charge in [-0.15, -0.1) is 0 Å². The van der Waals surface area contributed by atoms with Crippen LogP contribution in [0.2, 0.25) is 0 Å². The Morgan fingerprint density at radius 3 is 2.33 bits per heavy atom. The van der Waals surface area contributed by atoms with E-state index in [2.05, 4.69) is 26.6 Å². The predicted octanol–water partition coefficient (Wildman–Crippen LogP) is 4.33. The number of carbonyl (C=O) groups excluding carboxylic acids is 1. The zero-order chi connectivity index (χ0) is 15.6. The van der Waals surface area contributed by atoms with Gasteiger partial charge < -0.3 is 10.6 Å². The van der Waals surface area contributed by atoms with Crippen LogP contribution >= 0.6 is 15.9 Å². The quantitative estimate of drug-likeness (QED) is 0.861. The van der Waals surface area contributed by atoms with Crippen LogP contribution < -0.4 is 10.6 Å². The summed E-state index contributed by atoms with van der Waals surface area (Å²) < 4.78 is 27.7. The number of benzene rings is 2. The Morgan fingerprint density at radius 1 is 1.14 bits per heavy atom. The minimum atomic E-state index is -0.839. The molecule has 2 aromatic rings. The van der Waals surface area contributed by atoms with Gasteiger partial charge in [0.1, 0.15) is 5.69 Å². The van der Waals surface area contributed by atoms with E-state index in [0.717, 1.165) is 17.7 Å². The minimum Gasteiger partial charge on any atom is -0.387 e. The van der Waals surface area contributed by atoms with Crippen LogP contribution in [0.5, 0.6) is 0 Å². The lowest BCUT2D eigenvalue weighted by Gasteiger charge is -2.12. The molecule has 2 rings (SSSR count). The SMILES string of the molecule is CNc1cc(C)ccc1C(=O)Nc1c(F)cc(Br)cc1F. The molecule has 0 fully saturated rings. The fraction of sp³-hybridized carbons (Fsp3) is 0.133. The Bertz CT molecular complexity index is 681. The minimum absolute atomic E-state index is 0.266. The number of aryl methyl sites for hydroxylation is 1. The van der Waals surface area contributed by atoms with Gasteiger partial charge in [-0.1, -0.05) is 22.0 Å². The van der Waals surface area contributed by atoms with E-state index < -0.39 is 23.2 Å². The van der Waals surface area contributed by atoms with E-state index in [1.807, 2.05) is 6.92 Å². The van der Waals surface area contributed by atoms with Crippen molar-refractivity contribution in [3.63, 3.8) is 0 Å². The molecule has 0 aliphatic rings. The third kappa shape index (κ3) is 3.39. The molecule has 0 aliphatic heterocycles. The summed E-state index contributed by atoms with van der Waals surface area (Å²) in [6.07, 6.45) is 0. The topological polar surface area (TPSA) is 41.1 Å². The van der Waals surface area contributed by atoms with Gasteiger partial charge in [0.2, 0.25) is 0 Å². The highest BCUT2D eigenvalue weighted by Gasteiger charge is 2.16. The maximum atomic E-state index is 13.7. The molecule has 3 nitrogen and oxygen atoms in total. The highest BCUT2D eigenvalue weighted by molar-refractivity contribution is 9.10. The molecule has 0 saturated carbocycles. The average Bonchev–Trinajstić information content (AvgIpc) is 2.42. The first-order valence-electron chi connectivity index (χ1n) is 6.16. The first-order chi connectivity index (χ1) is 9.92. The van der Waals surface area contributed by atoms with Gasteiger partial charge in [-0.3, -0.25) is 4.79 Å². The second-order valence-electron chi connectivity index (χ2n) is 4.50. The van der Waals surface area contributed by atoms with Crippen LogP contribution in [0.15, 0.2) is 34.8 Å². The largest absolute Gasteiger partial charge is 0.387 e. The first-order valence-corrected chi connectivity index (χ1v) is 6.96. The van der Waals surface area contributed by atoms with Crippen molar-refractivity contribution in [1.29, 1.82) is 0 Å². The summed E-state index contributed by atoms with van der Waals surface area (Å²) in [4.78, 5) is 12.2. The van der Waals surface area contributed by atoms with E-state index in [9.17, 15) is 13.6 Å². The predicted molar refractivity (Wildman–Crippen MR) is 82.7 cm³/mol. The van der Waals surface area contributed by atoms with Crippen LogP contribution in [0, 0.1) is 18.6 Å². The zero-order valence-corrected chi connectivity index (χ0v) is 13.0. The smallest absolute Gasteiger partial charge is 0.257 e.